The quantitative estimate of drug-likeness (QED) is 0.578. The summed E-state index contributed by atoms with van der Waals surface area (Å²) >= 11 is 0. The van der Waals surface area contributed by atoms with Crippen LogP contribution in [-0.4, -0.2) is 0 Å². The van der Waals surface area contributed by atoms with Gasteiger partial charge in [0.15, 0.2) is 0 Å². The van der Waals surface area contributed by atoms with Crippen molar-refractivity contribution in [1.82, 2.24) is 0 Å². The number of hydrogen-bond donors (Lipinski definition) is 1. The molecule has 0 atom stereocenters. The van der Waals surface area contributed by atoms with Crippen LogP contribution in [0.1, 0.15) is 5.56 Å². The van der Waals surface area contributed by atoms with Crippen LogP contribution in [0, 0.1) is 0 Å². The Kier molecular flexibility index (Phi) is 2.72. The Morgan fingerprint density at radius 1 is 1.23 bits per heavy atom. The van der Waals surface area contributed by atoms with Crippen molar-refractivity contribution in [1.29, 1.82) is 0 Å². The first-order valence-corrected chi connectivity index (χ1v) is 3.25. The molecule has 0 saturated heterocycles. The molecule has 0 heterocycles. The normalized spacial score (nSPS) is 11.4. The first-order chi connectivity index (χ1) is 6.04. The average Bonchev–Trinajstić information content (AvgIpc) is 2.04. The lowest BCUT2D eigenvalue weighted by molar-refractivity contribution is -0.137. The van der Waals surface area contributed by atoms with E-state index in [4.69, 9.17) is 0 Å². The van der Waals surface area contributed by atoms with Crippen molar-refractivity contribution < 1.29 is 22.7 Å². The molecule has 0 amide bonds. The van der Waals surface area contributed by atoms with Gasteiger partial charge in [0.25, 0.3) is 0 Å². The first kappa shape index (κ1) is 9.79. The molecule has 1 N–H and O–H groups in total. The Bertz CT molecular complexity index is 286. The summed E-state index contributed by atoms with van der Waals surface area (Å²) in [4.78, 5) is 0. The number of halogens is 4. The largest absolute Gasteiger partial charge is 0.416 e. The van der Waals surface area contributed by atoms with Gasteiger partial charge in [-0.15, -0.1) is 0 Å². The van der Waals surface area contributed by atoms with Crippen LogP contribution in [0.4, 0.5) is 23.4 Å². The van der Waals surface area contributed by atoms with Gasteiger partial charge in [0.05, 0.1) is 11.3 Å². The number of anilines is 1. The highest BCUT2D eigenvalue weighted by molar-refractivity contribution is 5.44. The van der Waals surface area contributed by atoms with Gasteiger partial charge in [-0.3, -0.25) is 0 Å². The molecular weight excluding hydrogens is 190 g/mol. The van der Waals surface area contributed by atoms with Gasteiger partial charge in [-0.2, -0.15) is 13.2 Å². The van der Waals surface area contributed by atoms with E-state index in [0.29, 0.717) is 0 Å². The molecule has 0 radical (unpaired) electrons. The summed E-state index contributed by atoms with van der Waals surface area (Å²) in [6.45, 7) is 0. The predicted molar refractivity (Wildman–Crippen MR) is 37.3 cm³/mol. The Hall–Kier alpha value is -1.30. The maximum atomic E-state index is 12.0. The predicted octanol–water partition coefficient (Wildman–Crippen LogP) is 2.93. The van der Waals surface area contributed by atoms with Crippen LogP contribution in [0.3, 0.4) is 0 Å². The molecule has 6 heteroatoms. The van der Waals surface area contributed by atoms with Crippen LogP contribution in [0.2, 0.25) is 0 Å². The molecule has 0 spiro atoms. The maximum Gasteiger partial charge on any atom is 0.416 e. The molecule has 0 saturated carbocycles. The molecule has 0 bridgehead atoms. The molecule has 0 fully saturated rings. The second-order valence-electron chi connectivity index (χ2n) is 2.26. The van der Waals surface area contributed by atoms with Crippen LogP contribution in [0.25, 0.3) is 0 Å². The molecule has 13 heavy (non-hydrogen) atoms. The van der Waals surface area contributed by atoms with E-state index in [9.17, 15) is 17.7 Å². The Morgan fingerprint density at radius 2 is 1.92 bits per heavy atom. The standard InChI is InChI=1S/C7H5F4NO/c8-7(9,10)5-2-1-3-6(4-5)12-13-11/h1-4,12H. The van der Waals surface area contributed by atoms with E-state index < -0.39 is 11.7 Å². The lowest BCUT2D eigenvalue weighted by Crippen LogP contribution is -2.05. The minimum Gasteiger partial charge on any atom is -0.231 e. The Balaban J connectivity index is 2.92. The summed E-state index contributed by atoms with van der Waals surface area (Å²) in [5.74, 6) is 0. The second-order valence-corrected chi connectivity index (χ2v) is 2.26. The highest BCUT2D eigenvalue weighted by Gasteiger charge is 2.30. The smallest absolute Gasteiger partial charge is 0.231 e. The molecule has 72 valence electrons. The van der Waals surface area contributed by atoms with E-state index in [-0.39, 0.29) is 5.69 Å². The van der Waals surface area contributed by atoms with E-state index in [2.05, 4.69) is 5.04 Å². The highest BCUT2D eigenvalue weighted by atomic mass is 19.4. The first-order valence-electron chi connectivity index (χ1n) is 3.25. The van der Waals surface area contributed by atoms with Crippen LogP contribution >= 0.6 is 0 Å². The van der Waals surface area contributed by atoms with Gasteiger partial charge >= 0.3 is 6.18 Å². The third kappa shape index (κ3) is 2.59. The molecule has 0 aliphatic rings. The van der Waals surface area contributed by atoms with Crippen molar-refractivity contribution >= 4 is 5.69 Å². The SMILES string of the molecule is FONc1cccc(C(F)(F)F)c1. The summed E-state index contributed by atoms with van der Waals surface area (Å²) in [5.41, 5.74) is 0.687. The molecule has 0 unspecified atom stereocenters. The fourth-order valence-electron chi connectivity index (χ4n) is 0.804. The Morgan fingerprint density at radius 3 is 2.46 bits per heavy atom. The van der Waals surface area contributed by atoms with Gasteiger partial charge in [0.2, 0.25) is 0 Å². The van der Waals surface area contributed by atoms with Crippen molar-refractivity contribution in [2.24, 2.45) is 0 Å². The van der Waals surface area contributed by atoms with Gasteiger partial charge in [-0.05, 0) is 22.7 Å². The van der Waals surface area contributed by atoms with Gasteiger partial charge in [-0.1, -0.05) is 11.1 Å². The summed E-state index contributed by atoms with van der Waals surface area (Å²) < 4.78 is 47.4. The van der Waals surface area contributed by atoms with Crippen LogP contribution in [0.15, 0.2) is 24.3 Å². The molecule has 1 aromatic carbocycles. The number of benzene rings is 1. The van der Waals surface area contributed by atoms with Crippen LogP contribution < -0.4 is 5.48 Å². The van der Waals surface area contributed by atoms with E-state index in [1.54, 1.807) is 5.48 Å². The molecule has 0 aromatic heterocycles. The fourth-order valence-corrected chi connectivity index (χ4v) is 0.804. The zero-order chi connectivity index (χ0) is 9.90. The zero-order valence-corrected chi connectivity index (χ0v) is 6.23. The maximum absolute atomic E-state index is 12.0. The van der Waals surface area contributed by atoms with Gasteiger partial charge in [0.1, 0.15) is 0 Å². The van der Waals surface area contributed by atoms with Crippen molar-refractivity contribution in [2.75, 3.05) is 5.48 Å². The molecule has 1 rings (SSSR count). The molecular formula is C7H5F4NO. The monoisotopic (exact) mass is 195 g/mol. The third-order valence-corrected chi connectivity index (χ3v) is 1.35. The minimum atomic E-state index is -4.44. The highest BCUT2D eigenvalue weighted by Crippen LogP contribution is 2.30. The van der Waals surface area contributed by atoms with E-state index in [0.717, 1.165) is 18.2 Å². The summed E-state index contributed by atoms with van der Waals surface area (Å²) in [5, 5.41) is 2.98. The third-order valence-electron chi connectivity index (χ3n) is 1.35. The number of alkyl halides is 3. The van der Waals surface area contributed by atoms with Gasteiger partial charge in [0, 0.05) is 0 Å². The fraction of sp³-hybridized carbons (Fsp3) is 0.143. The van der Waals surface area contributed by atoms with Crippen molar-refractivity contribution in [2.45, 2.75) is 6.18 Å². The molecule has 2 nitrogen and oxygen atoms in total. The van der Waals surface area contributed by atoms with Gasteiger partial charge in [-0.25, -0.2) is 5.48 Å². The summed E-state index contributed by atoms with van der Waals surface area (Å²) in [6, 6.07) is 4.00. The number of hydrogen-bond acceptors (Lipinski definition) is 2. The Labute approximate surface area is 71.0 Å². The topological polar surface area (TPSA) is 21.3 Å². The van der Waals surface area contributed by atoms with Crippen molar-refractivity contribution in [3.63, 3.8) is 0 Å². The van der Waals surface area contributed by atoms with Gasteiger partial charge < -0.3 is 0 Å². The van der Waals surface area contributed by atoms with Crippen molar-refractivity contribution in [3.8, 4) is 0 Å². The van der Waals surface area contributed by atoms with Crippen molar-refractivity contribution in [3.05, 3.63) is 29.8 Å². The summed E-state index contributed by atoms with van der Waals surface area (Å²) in [7, 11) is 0. The lowest BCUT2D eigenvalue weighted by Gasteiger charge is -2.07. The summed E-state index contributed by atoms with van der Waals surface area (Å²) in [6.07, 6.45) is -4.44. The molecule has 0 aliphatic heterocycles. The van der Waals surface area contributed by atoms with Crippen LogP contribution in [-0.2, 0) is 11.2 Å². The van der Waals surface area contributed by atoms with E-state index in [1.807, 2.05) is 0 Å². The second kappa shape index (κ2) is 3.61. The average molecular weight is 195 g/mol. The minimum absolute atomic E-state index is 0.0997. The number of nitrogens with one attached hydrogen (secondary N) is 1. The molecule has 0 aliphatic carbocycles. The number of rotatable bonds is 2. The zero-order valence-electron chi connectivity index (χ0n) is 6.23. The van der Waals surface area contributed by atoms with E-state index >= 15 is 0 Å². The lowest BCUT2D eigenvalue weighted by atomic mass is 10.2. The van der Waals surface area contributed by atoms with Crippen LogP contribution in [0.5, 0.6) is 0 Å². The molecule has 1 aromatic rings. The van der Waals surface area contributed by atoms with E-state index in [1.165, 1.54) is 6.07 Å².